The zero-order valence-corrected chi connectivity index (χ0v) is 13.3. The normalized spacial score (nSPS) is 30.7. The molecule has 0 radical (unpaired) electrons. The Labute approximate surface area is 128 Å². The van der Waals surface area contributed by atoms with Gasteiger partial charge < -0.3 is 19.9 Å². The summed E-state index contributed by atoms with van der Waals surface area (Å²) in [7, 11) is 0. The van der Waals surface area contributed by atoms with Crippen LogP contribution in [0.3, 0.4) is 0 Å². The van der Waals surface area contributed by atoms with Gasteiger partial charge in [0.15, 0.2) is 0 Å². The van der Waals surface area contributed by atoms with Gasteiger partial charge in [-0.2, -0.15) is 0 Å². The number of hydrogen-bond donors (Lipinski definition) is 2. The van der Waals surface area contributed by atoms with Gasteiger partial charge >= 0.3 is 0 Å². The van der Waals surface area contributed by atoms with Crippen LogP contribution in [0.25, 0.3) is 0 Å². The van der Waals surface area contributed by atoms with Crippen LogP contribution in [0.2, 0.25) is 0 Å². The van der Waals surface area contributed by atoms with Crippen molar-refractivity contribution in [1.29, 1.82) is 0 Å². The molecule has 2 rings (SSSR count). The molecule has 0 amide bonds. The minimum absolute atomic E-state index is 0.403. The predicted molar refractivity (Wildman–Crippen MR) is 84.3 cm³/mol. The van der Waals surface area contributed by atoms with Gasteiger partial charge in [-0.1, -0.05) is 19.1 Å². The average Bonchev–Trinajstić information content (AvgIpc) is 2.99. The first-order valence-corrected chi connectivity index (χ1v) is 8.45. The first-order valence-electron chi connectivity index (χ1n) is 8.45. The highest BCUT2D eigenvalue weighted by molar-refractivity contribution is 4.93. The van der Waals surface area contributed by atoms with Crippen LogP contribution in [-0.2, 0) is 9.47 Å². The molecular formula is C17H31NO3. The second-order valence-electron chi connectivity index (χ2n) is 6.59. The van der Waals surface area contributed by atoms with Crippen LogP contribution in [0.15, 0.2) is 12.2 Å². The Balaban J connectivity index is 1.45. The fourth-order valence-corrected chi connectivity index (χ4v) is 3.04. The highest BCUT2D eigenvalue weighted by Gasteiger charge is 2.19. The number of hydrogen-bond acceptors (Lipinski definition) is 4. The Morgan fingerprint density at radius 3 is 3.00 bits per heavy atom. The molecule has 1 aliphatic heterocycles. The summed E-state index contributed by atoms with van der Waals surface area (Å²) in [4.78, 5) is 0. The Bertz CT molecular complexity index is 302. The Morgan fingerprint density at radius 1 is 1.38 bits per heavy atom. The summed E-state index contributed by atoms with van der Waals surface area (Å²) in [6, 6.07) is 0. The lowest BCUT2D eigenvalue weighted by Gasteiger charge is -2.25. The molecule has 0 saturated carbocycles. The number of allylic oxidation sites excluding steroid dienone is 2. The van der Waals surface area contributed by atoms with Crippen LogP contribution in [0.5, 0.6) is 0 Å². The number of aliphatic hydroxyl groups is 1. The van der Waals surface area contributed by atoms with Gasteiger partial charge in [0, 0.05) is 19.8 Å². The molecule has 1 aliphatic carbocycles. The molecule has 0 aromatic carbocycles. The highest BCUT2D eigenvalue weighted by Crippen LogP contribution is 2.24. The summed E-state index contributed by atoms with van der Waals surface area (Å²) in [6.45, 7) is 6.87. The lowest BCUT2D eigenvalue weighted by atomic mass is 9.85. The van der Waals surface area contributed by atoms with E-state index in [1.807, 2.05) is 0 Å². The van der Waals surface area contributed by atoms with Gasteiger partial charge in [-0.3, -0.25) is 0 Å². The topological polar surface area (TPSA) is 50.7 Å². The first kappa shape index (κ1) is 16.9. The van der Waals surface area contributed by atoms with Crippen molar-refractivity contribution in [2.75, 3.05) is 39.5 Å². The van der Waals surface area contributed by atoms with E-state index in [4.69, 9.17) is 9.47 Å². The van der Waals surface area contributed by atoms with Crippen LogP contribution in [0, 0.1) is 17.8 Å². The molecule has 0 aromatic heterocycles. The van der Waals surface area contributed by atoms with E-state index in [1.54, 1.807) is 0 Å². The third-order valence-corrected chi connectivity index (χ3v) is 4.69. The highest BCUT2D eigenvalue weighted by atomic mass is 16.5. The van der Waals surface area contributed by atoms with Crippen molar-refractivity contribution >= 4 is 0 Å². The average molecular weight is 297 g/mol. The summed E-state index contributed by atoms with van der Waals surface area (Å²) in [5.41, 5.74) is 0. The zero-order chi connectivity index (χ0) is 14.9. The number of ether oxygens (including phenoxy) is 2. The van der Waals surface area contributed by atoms with Crippen molar-refractivity contribution in [3.63, 3.8) is 0 Å². The monoisotopic (exact) mass is 297 g/mol. The van der Waals surface area contributed by atoms with E-state index in [2.05, 4.69) is 24.4 Å². The van der Waals surface area contributed by atoms with Crippen molar-refractivity contribution in [2.45, 2.75) is 38.7 Å². The zero-order valence-electron chi connectivity index (χ0n) is 13.3. The molecule has 21 heavy (non-hydrogen) atoms. The van der Waals surface area contributed by atoms with Crippen molar-refractivity contribution in [3.05, 3.63) is 12.2 Å². The molecular weight excluding hydrogens is 266 g/mol. The van der Waals surface area contributed by atoms with Crippen LogP contribution in [0.4, 0.5) is 0 Å². The molecule has 0 bridgehead atoms. The minimum atomic E-state index is -0.403. The second kappa shape index (κ2) is 9.57. The van der Waals surface area contributed by atoms with E-state index in [9.17, 15) is 5.11 Å². The summed E-state index contributed by atoms with van der Waals surface area (Å²) < 4.78 is 11.0. The number of rotatable bonds is 9. The maximum atomic E-state index is 9.91. The van der Waals surface area contributed by atoms with Crippen molar-refractivity contribution in [1.82, 2.24) is 5.32 Å². The maximum absolute atomic E-state index is 9.91. The molecule has 2 aliphatic rings. The van der Waals surface area contributed by atoms with E-state index in [1.165, 1.54) is 6.42 Å². The lowest BCUT2D eigenvalue weighted by Crippen LogP contribution is -2.32. The summed E-state index contributed by atoms with van der Waals surface area (Å²) in [6.07, 6.45) is 8.69. The molecule has 0 aromatic rings. The third-order valence-electron chi connectivity index (χ3n) is 4.69. The van der Waals surface area contributed by atoms with Gasteiger partial charge in [0.1, 0.15) is 0 Å². The molecule has 2 N–H and O–H groups in total. The summed E-state index contributed by atoms with van der Waals surface area (Å²) >= 11 is 0. The Kier molecular flexibility index (Phi) is 7.72. The molecule has 4 unspecified atom stereocenters. The van der Waals surface area contributed by atoms with E-state index < -0.39 is 6.10 Å². The van der Waals surface area contributed by atoms with Crippen LogP contribution in [-0.4, -0.2) is 50.7 Å². The van der Waals surface area contributed by atoms with Gasteiger partial charge in [0.05, 0.1) is 19.3 Å². The molecule has 4 nitrogen and oxygen atoms in total. The molecule has 1 saturated heterocycles. The SMILES string of the molecule is CC1CC=CCC1COCC(O)CNCCC1CCOC1. The van der Waals surface area contributed by atoms with Crippen molar-refractivity contribution < 1.29 is 14.6 Å². The van der Waals surface area contributed by atoms with E-state index in [-0.39, 0.29) is 0 Å². The van der Waals surface area contributed by atoms with E-state index >= 15 is 0 Å². The fourth-order valence-electron chi connectivity index (χ4n) is 3.04. The van der Waals surface area contributed by atoms with Crippen molar-refractivity contribution in [3.8, 4) is 0 Å². The number of nitrogens with one attached hydrogen (secondary N) is 1. The third kappa shape index (κ3) is 6.47. The van der Waals surface area contributed by atoms with E-state index in [0.717, 1.165) is 45.6 Å². The molecule has 4 atom stereocenters. The van der Waals surface area contributed by atoms with Crippen LogP contribution in [0.1, 0.15) is 32.6 Å². The second-order valence-corrected chi connectivity index (χ2v) is 6.59. The van der Waals surface area contributed by atoms with Gasteiger partial charge in [-0.05, 0) is 50.0 Å². The number of aliphatic hydroxyl groups excluding tert-OH is 1. The standard InChI is InChI=1S/C17H31NO3/c1-14-4-2-3-5-16(14)12-21-13-17(19)10-18-8-6-15-7-9-20-11-15/h2-3,14-19H,4-13H2,1H3. The van der Waals surface area contributed by atoms with Crippen LogP contribution < -0.4 is 5.32 Å². The smallest absolute Gasteiger partial charge is 0.0897 e. The lowest BCUT2D eigenvalue weighted by molar-refractivity contribution is 0.0128. The van der Waals surface area contributed by atoms with Crippen LogP contribution >= 0.6 is 0 Å². The predicted octanol–water partition coefficient (Wildman–Crippen LogP) is 1.98. The molecule has 1 fully saturated rings. The summed E-state index contributed by atoms with van der Waals surface area (Å²) in [5, 5.41) is 13.2. The van der Waals surface area contributed by atoms with E-state index in [0.29, 0.717) is 30.9 Å². The van der Waals surface area contributed by atoms with Gasteiger partial charge in [0.25, 0.3) is 0 Å². The first-order chi connectivity index (χ1) is 10.3. The molecule has 0 spiro atoms. The Morgan fingerprint density at radius 2 is 2.24 bits per heavy atom. The molecule has 1 heterocycles. The van der Waals surface area contributed by atoms with Gasteiger partial charge in [-0.25, -0.2) is 0 Å². The fraction of sp³-hybridized carbons (Fsp3) is 0.882. The quantitative estimate of drug-likeness (QED) is 0.505. The van der Waals surface area contributed by atoms with Gasteiger partial charge in [-0.15, -0.1) is 0 Å². The largest absolute Gasteiger partial charge is 0.389 e. The molecule has 4 heteroatoms. The molecule has 122 valence electrons. The Hall–Kier alpha value is -0.420. The maximum Gasteiger partial charge on any atom is 0.0897 e. The van der Waals surface area contributed by atoms with Crippen molar-refractivity contribution in [2.24, 2.45) is 17.8 Å². The summed E-state index contributed by atoms with van der Waals surface area (Å²) in [5.74, 6) is 2.00. The van der Waals surface area contributed by atoms with Gasteiger partial charge in [0.2, 0.25) is 0 Å². The minimum Gasteiger partial charge on any atom is -0.389 e.